The van der Waals surface area contributed by atoms with Crippen molar-refractivity contribution in [3.05, 3.63) is 35.4 Å². The van der Waals surface area contributed by atoms with Crippen LogP contribution in [0.5, 0.6) is 5.75 Å². The van der Waals surface area contributed by atoms with Crippen LogP contribution in [-0.4, -0.2) is 19.7 Å². The van der Waals surface area contributed by atoms with Crippen molar-refractivity contribution in [1.29, 1.82) is 0 Å². The third kappa shape index (κ3) is 4.31. The highest BCUT2D eigenvalue weighted by atomic mass is 16.5. The van der Waals surface area contributed by atoms with Crippen molar-refractivity contribution in [2.75, 3.05) is 13.7 Å². The van der Waals surface area contributed by atoms with Crippen molar-refractivity contribution in [3.8, 4) is 5.75 Å². The summed E-state index contributed by atoms with van der Waals surface area (Å²) in [5, 5.41) is 0. The van der Waals surface area contributed by atoms with Crippen LogP contribution in [0, 0.1) is 6.92 Å². The predicted molar refractivity (Wildman–Crippen MR) is 68.0 cm³/mol. The molecule has 92 valence electrons. The van der Waals surface area contributed by atoms with Crippen LogP contribution in [0.2, 0.25) is 0 Å². The molecule has 0 aliphatic heterocycles. The molecule has 1 aromatic rings. The van der Waals surface area contributed by atoms with Gasteiger partial charge in [-0.1, -0.05) is 18.2 Å². The highest BCUT2D eigenvalue weighted by Gasteiger charge is 1.99. The molecule has 0 aromatic heterocycles. The van der Waals surface area contributed by atoms with Crippen LogP contribution in [0.25, 0.3) is 6.08 Å². The van der Waals surface area contributed by atoms with E-state index in [1.165, 1.54) is 0 Å². The van der Waals surface area contributed by atoms with E-state index in [0.29, 0.717) is 13.0 Å². The number of methoxy groups -OCH3 is 1. The number of hydrogen-bond donors (Lipinski definition) is 0. The zero-order valence-electron chi connectivity index (χ0n) is 10.5. The molecule has 0 atom stereocenters. The van der Waals surface area contributed by atoms with Gasteiger partial charge in [-0.3, -0.25) is 4.79 Å². The van der Waals surface area contributed by atoms with Gasteiger partial charge < -0.3 is 9.47 Å². The first-order chi connectivity index (χ1) is 8.17. The summed E-state index contributed by atoms with van der Waals surface area (Å²) in [6.07, 6.45) is 4.04. The Morgan fingerprint density at radius 2 is 2.18 bits per heavy atom. The molecule has 0 spiro atoms. The molecular weight excluding hydrogens is 216 g/mol. The summed E-state index contributed by atoms with van der Waals surface area (Å²) in [5.41, 5.74) is 2.19. The first kappa shape index (κ1) is 13.3. The predicted octanol–water partition coefficient (Wildman–Crippen LogP) is 2.97. The quantitative estimate of drug-likeness (QED) is 0.735. The van der Waals surface area contributed by atoms with Crippen molar-refractivity contribution in [3.63, 3.8) is 0 Å². The van der Waals surface area contributed by atoms with Crippen LogP contribution in [0.15, 0.2) is 24.3 Å². The van der Waals surface area contributed by atoms with Gasteiger partial charge in [0.1, 0.15) is 5.75 Å². The SMILES string of the molecule is CCOC(=O)CC=Cc1ccc(OC)cc1C. The first-order valence-electron chi connectivity index (χ1n) is 5.64. The van der Waals surface area contributed by atoms with Gasteiger partial charge in [-0.15, -0.1) is 0 Å². The second-order valence-corrected chi connectivity index (χ2v) is 3.63. The molecular formula is C14H18O3. The molecule has 0 saturated heterocycles. The molecule has 0 aliphatic rings. The average molecular weight is 234 g/mol. The van der Waals surface area contributed by atoms with Gasteiger partial charge in [0.15, 0.2) is 0 Å². The fourth-order valence-electron chi connectivity index (χ4n) is 1.46. The molecule has 3 nitrogen and oxygen atoms in total. The summed E-state index contributed by atoms with van der Waals surface area (Å²) in [7, 11) is 1.64. The highest BCUT2D eigenvalue weighted by molar-refractivity contribution is 5.72. The number of rotatable bonds is 5. The Kier molecular flexibility index (Phi) is 5.27. The average Bonchev–Trinajstić information content (AvgIpc) is 2.31. The zero-order chi connectivity index (χ0) is 12.7. The van der Waals surface area contributed by atoms with Gasteiger partial charge in [0.05, 0.1) is 20.1 Å². The number of carbonyl (C=O) groups is 1. The number of esters is 1. The monoisotopic (exact) mass is 234 g/mol. The first-order valence-corrected chi connectivity index (χ1v) is 5.64. The van der Waals surface area contributed by atoms with E-state index in [2.05, 4.69) is 0 Å². The molecule has 17 heavy (non-hydrogen) atoms. The maximum absolute atomic E-state index is 11.1. The van der Waals surface area contributed by atoms with Gasteiger partial charge in [0.25, 0.3) is 0 Å². The van der Waals surface area contributed by atoms with Crippen LogP contribution in [0.3, 0.4) is 0 Å². The normalized spacial score (nSPS) is 10.5. The van der Waals surface area contributed by atoms with E-state index >= 15 is 0 Å². The minimum absolute atomic E-state index is 0.199. The van der Waals surface area contributed by atoms with Crippen LogP contribution >= 0.6 is 0 Å². The van der Waals surface area contributed by atoms with E-state index in [-0.39, 0.29) is 5.97 Å². The lowest BCUT2D eigenvalue weighted by molar-refractivity contribution is -0.142. The molecule has 1 aromatic carbocycles. The van der Waals surface area contributed by atoms with E-state index in [1.807, 2.05) is 37.3 Å². The second-order valence-electron chi connectivity index (χ2n) is 3.63. The van der Waals surface area contributed by atoms with E-state index in [4.69, 9.17) is 9.47 Å². The van der Waals surface area contributed by atoms with Crippen LogP contribution in [0.4, 0.5) is 0 Å². The van der Waals surface area contributed by atoms with E-state index in [9.17, 15) is 4.79 Å². The lowest BCUT2D eigenvalue weighted by Crippen LogP contribution is -2.01. The van der Waals surface area contributed by atoms with Crippen molar-refractivity contribution in [1.82, 2.24) is 0 Å². The summed E-state index contributed by atoms with van der Waals surface area (Å²) >= 11 is 0. The minimum atomic E-state index is -0.199. The number of carbonyl (C=O) groups excluding carboxylic acids is 1. The largest absolute Gasteiger partial charge is 0.497 e. The molecule has 1 rings (SSSR count). The zero-order valence-corrected chi connectivity index (χ0v) is 10.5. The topological polar surface area (TPSA) is 35.5 Å². The summed E-state index contributed by atoms with van der Waals surface area (Å²) < 4.78 is 9.96. The van der Waals surface area contributed by atoms with Crippen molar-refractivity contribution < 1.29 is 14.3 Å². The Balaban J connectivity index is 2.62. The fraction of sp³-hybridized carbons (Fsp3) is 0.357. The van der Waals surface area contributed by atoms with Crippen LogP contribution in [0.1, 0.15) is 24.5 Å². The molecule has 0 N–H and O–H groups in total. The summed E-state index contributed by atoms with van der Waals surface area (Å²) in [4.78, 5) is 11.1. The smallest absolute Gasteiger partial charge is 0.309 e. The van der Waals surface area contributed by atoms with Gasteiger partial charge >= 0.3 is 5.97 Å². The summed E-state index contributed by atoms with van der Waals surface area (Å²) in [6.45, 7) is 4.23. The number of benzene rings is 1. The molecule has 0 radical (unpaired) electrons. The maximum Gasteiger partial charge on any atom is 0.309 e. The number of hydrogen-bond acceptors (Lipinski definition) is 3. The summed E-state index contributed by atoms with van der Waals surface area (Å²) in [6, 6.07) is 5.83. The molecule has 0 unspecified atom stereocenters. The van der Waals surface area contributed by atoms with Gasteiger partial charge in [-0.25, -0.2) is 0 Å². The van der Waals surface area contributed by atoms with Crippen molar-refractivity contribution >= 4 is 12.0 Å². The molecule has 0 bridgehead atoms. The van der Waals surface area contributed by atoms with Crippen LogP contribution < -0.4 is 4.74 Å². The molecule has 0 heterocycles. The van der Waals surface area contributed by atoms with Gasteiger partial charge in [-0.05, 0) is 37.1 Å². The van der Waals surface area contributed by atoms with Crippen molar-refractivity contribution in [2.45, 2.75) is 20.3 Å². The lowest BCUT2D eigenvalue weighted by Gasteiger charge is -2.04. The maximum atomic E-state index is 11.1. The van der Waals surface area contributed by atoms with Gasteiger partial charge in [-0.2, -0.15) is 0 Å². The van der Waals surface area contributed by atoms with E-state index < -0.39 is 0 Å². The number of ether oxygens (including phenoxy) is 2. The third-order valence-electron chi connectivity index (χ3n) is 2.36. The Labute approximate surface area is 102 Å². The fourth-order valence-corrected chi connectivity index (χ4v) is 1.46. The van der Waals surface area contributed by atoms with E-state index in [0.717, 1.165) is 16.9 Å². The third-order valence-corrected chi connectivity index (χ3v) is 2.36. The second kappa shape index (κ2) is 6.74. The molecule has 0 fully saturated rings. The Hall–Kier alpha value is -1.77. The lowest BCUT2D eigenvalue weighted by atomic mass is 10.1. The Morgan fingerprint density at radius 1 is 1.41 bits per heavy atom. The van der Waals surface area contributed by atoms with E-state index in [1.54, 1.807) is 14.0 Å². The Bertz CT molecular complexity index is 408. The van der Waals surface area contributed by atoms with Gasteiger partial charge in [0, 0.05) is 0 Å². The summed E-state index contributed by atoms with van der Waals surface area (Å²) in [5.74, 6) is 0.639. The molecule has 0 saturated carbocycles. The van der Waals surface area contributed by atoms with Crippen LogP contribution in [-0.2, 0) is 9.53 Å². The van der Waals surface area contributed by atoms with Crippen molar-refractivity contribution in [2.24, 2.45) is 0 Å². The highest BCUT2D eigenvalue weighted by Crippen LogP contribution is 2.18. The Morgan fingerprint density at radius 3 is 2.76 bits per heavy atom. The minimum Gasteiger partial charge on any atom is -0.497 e. The molecule has 0 amide bonds. The molecule has 3 heteroatoms. The van der Waals surface area contributed by atoms with Gasteiger partial charge in [0.2, 0.25) is 0 Å². The standard InChI is InChI=1S/C14H18O3/c1-4-17-14(15)7-5-6-12-8-9-13(16-3)10-11(12)2/h5-6,8-10H,4,7H2,1-3H3. The number of aryl methyl sites for hydroxylation is 1. The molecule has 0 aliphatic carbocycles.